The predicted molar refractivity (Wildman–Crippen MR) is 80.1 cm³/mol. The number of carbonyl (C=O) groups is 1. The first kappa shape index (κ1) is 15.3. The van der Waals surface area contributed by atoms with Gasteiger partial charge in [0, 0.05) is 32.8 Å². The van der Waals surface area contributed by atoms with Crippen LogP contribution in [0, 0.1) is 5.92 Å². The van der Waals surface area contributed by atoms with Gasteiger partial charge in [0.2, 0.25) is 5.91 Å². The molecule has 5 nitrogen and oxygen atoms in total. The zero-order valence-electron chi connectivity index (χ0n) is 13.1. The van der Waals surface area contributed by atoms with Crippen molar-refractivity contribution in [3.8, 4) is 0 Å². The largest absolute Gasteiger partial charge is 0.381 e. The van der Waals surface area contributed by atoms with E-state index >= 15 is 0 Å². The highest BCUT2D eigenvalue weighted by atomic mass is 16.5. The molecule has 0 aliphatic carbocycles. The number of likely N-dealkylation sites (tertiary alicyclic amines) is 2. The fourth-order valence-electron chi connectivity index (χ4n) is 3.92. The highest BCUT2D eigenvalue weighted by Gasteiger charge is 2.39. The van der Waals surface area contributed by atoms with E-state index < -0.39 is 0 Å². The lowest BCUT2D eigenvalue weighted by Crippen LogP contribution is -2.46. The molecule has 0 saturated carbocycles. The van der Waals surface area contributed by atoms with Gasteiger partial charge >= 0.3 is 0 Å². The number of nitrogens with zero attached hydrogens (tertiary/aromatic N) is 2. The van der Waals surface area contributed by atoms with Crippen molar-refractivity contribution < 1.29 is 14.3 Å². The second-order valence-corrected chi connectivity index (χ2v) is 6.66. The van der Waals surface area contributed by atoms with Gasteiger partial charge in [-0.05, 0) is 45.2 Å². The maximum atomic E-state index is 12.8. The van der Waals surface area contributed by atoms with Crippen molar-refractivity contribution >= 4 is 5.91 Å². The smallest absolute Gasteiger partial charge is 0.228 e. The summed E-state index contributed by atoms with van der Waals surface area (Å²) >= 11 is 0. The molecule has 0 unspecified atom stereocenters. The van der Waals surface area contributed by atoms with Crippen molar-refractivity contribution in [2.24, 2.45) is 5.92 Å². The van der Waals surface area contributed by atoms with Crippen LogP contribution >= 0.6 is 0 Å². The number of ether oxygens (including phenoxy) is 2. The second-order valence-electron chi connectivity index (χ2n) is 6.66. The van der Waals surface area contributed by atoms with Crippen molar-refractivity contribution in [3.05, 3.63) is 0 Å². The van der Waals surface area contributed by atoms with E-state index in [0.29, 0.717) is 18.6 Å². The number of amides is 1. The normalized spacial score (nSPS) is 34.5. The molecule has 3 rings (SSSR count). The monoisotopic (exact) mass is 296 g/mol. The zero-order chi connectivity index (χ0) is 14.7. The number of methoxy groups -OCH3 is 1. The Balaban J connectivity index is 1.62. The van der Waals surface area contributed by atoms with E-state index in [4.69, 9.17) is 9.47 Å². The Morgan fingerprint density at radius 1 is 1.29 bits per heavy atom. The summed E-state index contributed by atoms with van der Waals surface area (Å²) in [5.74, 6) is 0.355. The van der Waals surface area contributed by atoms with Crippen molar-refractivity contribution in [1.82, 2.24) is 9.80 Å². The summed E-state index contributed by atoms with van der Waals surface area (Å²) in [5, 5.41) is 0. The number of carbonyl (C=O) groups excluding carboxylic acids is 1. The maximum absolute atomic E-state index is 12.8. The molecule has 3 aliphatic heterocycles. The van der Waals surface area contributed by atoms with Crippen LogP contribution < -0.4 is 0 Å². The van der Waals surface area contributed by atoms with E-state index in [1.165, 1.54) is 25.9 Å². The first-order valence-corrected chi connectivity index (χ1v) is 8.41. The number of hydrogen-bond acceptors (Lipinski definition) is 4. The van der Waals surface area contributed by atoms with E-state index in [9.17, 15) is 4.79 Å². The third-order valence-corrected chi connectivity index (χ3v) is 5.17. The molecular weight excluding hydrogens is 268 g/mol. The molecule has 0 aromatic rings. The minimum atomic E-state index is 0.0652. The topological polar surface area (TPSA) is 42.0 Å². The summed E-state index contributed by atoms with van der Waals surface area (Å²) in [5.41, 5.74) is 0. The molecular formula is C16H28N2O3. The molecule has 3 saturated heterocycles. The highest BCUT2D eigenvalue weighted by molar-refractivity contribution is 5.79. The van der Waals surface area contributed by atoms with Crippen LogP contribution in [0.4, 0.5) is 0 Å². The van der Waals surface area contributed by atoms with Crippen LogP contribution in [0.25, 0.3) is 0 Å². The third-order valence-electron chi connectivity index (χ3n) is 5.17. The van der Waals surface area contributed by atoms with Crippen LogP contribution in [-0.4, -0.2) is 74.4 Å². The highest BCUT2D eigenvalue weighted by Crippen LogP contribution is 2.26. The van der Waals surface area contributed by atoms with Gasteiger partial charge in [-0.25, -0.2) is 0 Å². The van der Waals surface area contributed by atoms with E-state index in [0.717, 1.165) is 39.0 Å². The van der Waals surface area contributed by atoms with Crippen LogP contribution in [-0.2, 0) is 14.3 Å². The van der Waals surface area contributed by atoms with Gasteiger partial charge in [-0.3, -0.25) is 4.79 Å². The molecule has 3 heterocycles. The molecule has 3 aliphatic rings. The molecule has 21 heavy (non-hydrogen) atoms. The summed E-state index contributed by atoms with van der Waals surface area (Å²) in [4.78, 5) is 17.4. The Kier molecular flexibility index (Phi) is 5.14. The molecule has 3 fully saturated rings. The van der Waals surface area contributed by atoms with E-state index in [2.05, 4.69) is 9.80 Å². The van der Waals surface area contributed by atoms with E-state index in [1.807, 2.05) is 0 Å². The standard InChI is InChI=1S/C16H28N2O3/c1-20-15-9-14(10-17-6-2-3-7-17)18(11-15)16(19)13-5-4-8-21-12-13/h13-15H,2-12H2,1H3/t13-,14-,15-/m0/s1. The Morgan fingerprint density at radius 2 is 2.10 bits per heavy atom. The lowest BCUT2D eigenvalue weighted by atomic mass is 10.0. The van der Waals surface area contributed by atoms with Crippen LogP contribution in [0.2, 0.25) is 0 Å². The Bertz CT molecular complexity index is 351. The minimum Gasteiger partial charge on any atom is -0.381 e. The van der Waals surface area contributed by atoms with Crippen molar-refractivity contribution in [1.29, 1.82) is 0 Å². The maximum Gasteiger partial charge on any atom is 0.228 e. The molecule has 0 spiro atoms. The van der Waals surface area contributed by atoms with Crippen LogP contribution in [0.1, 0.15) is 32.1 Å². The first-order valence-electron chi connectivity index (χ1n) is 8.41. The SMILES string of the molecule is CO[C@H]1C[C@@H](CN2CCCC2)N(C(=O)[C@H]2CCCOC2)C1. The Morgan fingerprint density at radius 3 is 2.76 bits per heavy atom. The Labute approximate surface area is 127 Å². The zero-order valence-corrected chi connectivity index (χ0v) is 13.1. The van der Waals surface area contributed by atoms with Crippen LogP contribution in [0.15, 0.2) is 0 Å². The third kappa shape index (κ3) is 3.58. The average Bonchev–Trinajstić information content (AvgIpc) is 3.17. The molecule has 3 atom stereocenters. The molecule has 120 valence electrons. The lowest BCUT2D eigenvalue weighted by Gasteiger charge is -2.32. The molecule has 1 amide bonds. The summed E-state index contributed by atoms with van der Waals surface area (Å²) in [6.45, 7) is 5.54. The second kappa shape index (κ2) is 7.07. The molecule has 0 N–H and O–H groups in total. The number of hydrogen-bond donors (Lipinski definition) is 0. The molecule has 0 aromatic carbocycles. The van der Waals surface area contributed by atoms with Gasteiger partial charge < -0.3 is 19.3 Å². The van der Waals surface area contributed by atoms with Gasteiger partial charge in [0.25, 0.3) is 0 Å². The quantitative estimate of drug-likeness (QED) is 0.780. The van der Waals surface area contributed by atoms with Crippen LogP contribution in [0.3, 0.4) is 0 Å². The lowest BCUT2D eigenvalue weighted by molar-refractivity contribution is -0.141. The van der Waals surface area contributed by atoms with Gasteiger partial charge in [-0.15, -0.1) is 0 Å². The fourth-order valence-corrected chi connectivity index (χ4v) is 3.92. The summed E-state index contributed by atoms with van der Waals surface area (Å²) in [6, 6.07) is 0.322. The predicted octanol–water partition coefficient (Wildman–Crippen LogP) is 1.12. The summed E-state index contributed by atoms with van der Waals surface area (Å²) < 4.78 is 11.0. The Hall–Kier alpha value is -0.650. The van der Waals surface area contributed by atoms with E-state index in [-0.39, 0.29) is 12.0 Å². The van der Waals surface area contributed by atoms with Crippen molar-refractivity contribution in [2.75, 3.05) is 46.5 Å². The van der Waals surface area contributed by atoms with Gasteiger partial charge in [0.15, 0.2) is 0 Å². The molecule has 0 bridgehead atoms. The van der Waals surface area contributed by atoms with E-state index in [1.54, 1.807) is 7.11 Å². The summed E-state index contributed by atoms with van der Waals surface area (Å²) in [6.07, 6.45) is 5.76. The minimum absolute atomic E-state index is 0.0652. The van der Waals surface area contributed by atoms with Gasteiger partial charge in [-0.1, -0.05) is 0 Å². The molecule has 0 aromatic heterocycles. The van der Waals surface area contributed by atoms with Crippen LogP contribution in [0.5, 0.6) is 0 Å². The number of rotatable bonds is 4. The molecule has 0 radical (unpaired) electrons. The first-order chi connectivity index (χ1) is 10.3. The van der Waals surface area contributed by atoms with Crippen molar-refractivity contribution in [2.45, 2.75) is 44.2 Å². The van der Waals surface area contributed by atoms with Gasteiger partial charge in [-0.2, -0.15) is 0 Å². The van der Waals surface area contributed by atoms with Gasteiger partial charge in [0.05, 0.1) is 18.6 Å². The van der Waals surface area contributed by atoms with Crippen molar-refractivity contribution in [3.63, 3.8) is 0 Å². The van der Waals surface area contributed by atoms with Gasteiger partial charge in [0.1, 0.15) is 0 Å². The average molecular weight is 296 g/mol. The summed E-state index contributed by atoms with van der Waals surface area (Å²) in [7, 11) is 1.76. The fraction of sp³-hybridized carbons (Fsp3) is 0.938. The molecule has 5 heteroatoms.